The van der Waals surface area contributed by atoms with Crippen molar-refractivity contribution in [3.8, 4) is 0 Å². The van der Waals surface area contributed by atoms with Crippen molar-refractivity contribution < 1.29 is 9.53 Å². The fourth-order valence-corrected chi connectivity index (χ4v) is 1.22. The van der Waals surface area contributed by atoms with Crippen molar-refractivity contribution >= 4 is 5.91 Å². The van der Waals surface area contributed by atoms with Gasteiger partial charge in [-0.25, -0.2) is 0 Å². The molecule has 3 nitrogen and oxygen atoms in total. The second-order valence-corrected chi connectivity index (χ2v) is 2.84. The first-order chi connectivity index (χ1) is 4.72. The minimum absolute atomic E-state index is 0.0590. The number of hydrogen-bond donors (Lipinski definition) is 1. The predicted octanol–water partition coefficient (Wildman–Crippen LogP) is 0.505. The highest BCUT2D eigenvalue weighted by atomic mass is 16.5. The Morgan fingerprint density at radius 1 is 1.70 bits per heavy atom. The highest BCUT2D eigenvalue weighted by molar-refractivity contribution is 5.77. The Kier molecular flexibility index (Phi) is 2.27. The summed E-state index contributed by atoms with van der Waals surface area (Å²) in [6.07, 6.45) is 1.51. The number of piperidine rings is 1. The van der Waals surface area contributed by atoms with Crippen molar-refractivity contribution in [3.05, 3.63) is 0 Å². The normalized spacial score (nSPS) is 33.6. The smallest absolute Gasteiger partial charge is 0.222 e. The average Bonchev–Trinajstić information content (AvgIpc) is 1.85. The molecule has 0 aromatic carbocycles. The Morgan fingerprint density at radius 2 is 2.40 bits per heavy atom. The molecule has 1 saturated heterocycles. The van der Waals surface area contributed by atoms with E-state index < -0.39 is 0 Å². The van der Waals surface area contributed by atoms with Crippen LogP contribution in [0.4, 0.5) is 0 Å². The lowest BCUT2D eigenvalue weighted by Crippen LogP contribution is -2.42. The molecule has 1 N–H and O–H groups in total. The van der Waals surface area contributed by atoms with Gasteiger partial charge < -0.3 is 10.1 Å². The number of amides is 1. The van der Waals surface area contributed by atoms with E-state index in [4.69, 9.17) is 4.74 Å². The van der Waals surface area contributed by atoms with Crippen LogP contribution in [-0.4, -0.2) is 19.2 Å². The third kappa shape index (κ3) is 1.70. The predicted molar refractivity (Wildman–Crippen MR) is 37.3 cm³/mol. The molecule has 1 amide bonds. The van der Waals surface area contributed by atoms with Crippen LogP contribution in [0.3, 0.4) is 0 Å². The summed E-state index contributed by atoms with van der Waals surface area (Å²) in [5.74, 6) is 0.560. The monoisotopic (exact) mass is 143 g/mol. The van der Waals surface area contributed by atoms with E-state index in [-0.39, 0.29) is 12.1 Å². The molecule has 3 heteroatoms. The molecule has 0 radical (unpaired) electrons. The maximum atomic E-state index is 10.9. The number of carbonyl (C=O) groups is 1. The largest absolute Gasteiger partial charge is 0.362 e. The summed E-state index contributed by atoms with van der Waals surface area (Å²) in [4.78, 5) is 10.9. The Morgan fingerprint density at radius 3 is 2.90 bits per heavy atom. The highest BCUT2D eigenvalue weighted by Crippen LogP contribution is 2.15. The van der Waals surface area contributed by atoms with E-state index in [2.05, 4.69) is 12.2 Å². The first-order valence-electron chi connectivity index (χ1n) is 3.54. The standard InChI is InChI=1S/C7H13NO2/c1-5-3-6(9)8-7(4-5)10-2/h5,7H,3-4H2,1-2H3,(H,8,9). The van der Waals surface area contributed by atoms with Gasteiger partial charge in [-0.2, -0.15) is 0 Å². The number of ether oxygens (including phenoxy) is 1. The van der Waals surface area contributed by atoms with Crippen molar-refractivity contribution in [1.29, 1.82) is 0 Å². The summed E-state index contributed by atoms with van der Waals surface area (Å²) in [5.41, 5.74) is 0. The van der Waals surface area contributed by atoms with Crippen molar-refractivity contribution in [3.63, 3.8) is 0 Å². The van der Waals surface area contributed by atoms with E-state index in [1.54, 1.807) is 7.11 Å². The number of carbonyl (C=O) groups excluding carboxylic acids is 1. The number of nitrogens with one attached hydrogen (secondary N) is 1. The second-order valence-electron chi connectivity index (χ2n) is 2.84. The summed E-state index contributed by atoms with van der Waals surface area (Å²) < 4.78 is 5.00. The molecule has 1 aliphatic rings. The lowest BCUT2D eigenvalue weighted by Gasteiger charge is -2.26. The van der Waals surface area contributed by atoms with Crippen LogP contribution in [0.15, 0.2) is 0 Å². The van der Waals surface area contributed by atoms with Crippen molar-refractivity contribution in [2.24, 2.45) is 5.92 Å². The maximum absolute atomic E-state index is 10.9. The fourth-order valence-electron chi connectivity index (χ4n) is 1.22. The first-order valence-corrected chi connectivity index (χ1v) is 3.54. The molecule has 0 spiro atoms. The third-order valence-electron chi connectivity index (χ3n) is 1.76. The van der Waals surface area contributed by atoms with E-state index >= 15 is 0 Å². The molecule has 0 aromatic heterocycles. The van der Waals surface area contributed by atoms with Gasteiger partial charge >= 0.3 is 0 Å². The molecular weight excluding hydrogens is 130 g/mol. The van der Waals surface area contributed by atoms with Crippen LogP contribution in [0.2, 0.25) is 0 Å². The minimum atomic E-state index is -0.0590. The molecular formula is C7H13NO2. The lowest BCUT2D eigenvalue weighted by atomic mass is 9.99. The van der Waals surface area contributed by atoms with Crippen molar-refractivity contribution in [1.82, 2.24) is 5.32 Å². The van der Waals surface area contributed by atoms with Crippen LogP contribution in [0.5, 0.6) is 0 Å². The Bertz CT molecular complexity index is 136. The van der Waals surface area contributed by atoms with Crippen LogP contribution < -0.4 is 5.32 Å². The molecule has 2 atom stereocenters. The zero-order valence-corrected chi connectivity index (χ0v) is 6.39. The molecule has 1 aliphatic heterocycles. The molecule has 0 saturated carbocycles. The van der Waals surface area contributed by atoms with Gasteiger partial charge in [0.15, 0.2) is 0 Å². The summed E-state index contributed by atoms with van der Waals surface area (Å²) in [6, 6.07) is 0. The van der Waals surface area contributed by atoms with Gasteiger partial charge in [0.2, 0.25) is 5.91 Å². The molecule has 1 fully saturated rings. The first kappa shape index (κ1) is 7.54. The van der Waals surface area contributed by atoms with E-state index in [0.717, 1.165) is 6.42 Å². The fraction of sp³-hybridized carbons (Fsp3) is 0.857. The van der Waals surface area contributed by atoms with Gasteiger partial charge in [-0.3, -0.25) is 4.79 Å². The molecule has 1 heterocycles. The minimum Gasteiger partial charge on any atom is -0.362 e. The van der Waals surface area contributed by atoms with Gasteiger partial charge in [0.1, 0.15) is 6.23 Å². The molecule has 0 bridgehead atoms. The molecule has 0 aliphatic carbocycles. The quantitative estimate of drug-likeness (QED) is 0.580. The average molecular weight is 143 g/mol. The number of methoxy groups -OCH3 is 1. The Balaban J connectivity index is 2.42. The summed E-state index contributed by atoms with van der Waals surface area (Å²) in [5, 5.41) is 2.74. The van der Waals surface area contributed by atoms with Crippen LogP contribution in [0.25, 0.3) is 0 Å². The topological polar surface area (TPSA) is 38.3 Å². The number of hydrogen-bond acceptors (Lipinski definition) is 2. The summed E-state index contributed by atoms with van der Waals surface area (Å²) >= 11 is 0. The summed E-state index contributed by atoms with van der Waals surface area (Å²) in [7, 11) is 1.61. The van der Waals surface area contributed by atoms with E-state index in [9.17, 15) is 4.79 Å². The van der Waals surface area contributed by atoms with E-state index in [0.29, 0.717) is 12.3 Å². The Hall–Kier alpha value is -0.570. The zero-order chi connectivity index (χ0) is 7.56. The zero-order valence-electron chi connectivity index (χ0n) is 6.39. The van der Waals surface area contributed by atoms with Gasteiger partial charge in [0.05, 0.1) is 0 Å². The Labute approximate surface area is 60.7 Å². The van der Waals surface area contributed by atoms with Gasteiger partial charge in [-0.15, -0.1) is 0 Å². The van der Waals surface area contributed by atoms with E-state index in [1.807, 2.05) is 0 Å². The van der Waals surface area contributed by atoms with E-state index in [1.165, 1.54) is 0 Å². The maximum Gasteiger partial charge on any atom is 0.222 e. The van der Waals surface area contributed by atoms with Gasteiger partial charge in [-0.1, -0.05) is 6.92 Å². The van der Waals surface area contributed by atoms with Crippen LogP contribution in [0.1, 0.15) is 19.8 Å². The van der Waals surface area contributed by atoms with Crippen LogP contribution >= 0.6 is 0 Å². The van der Waals surface area contributed by atoms with Gasteiger partial charge in [0.25, 0.3) is 0 Å². The van der Waals surface area contributed by atoms with Crippen molar-refractivity contribution in [2.75, 3.05) is 7.11 Å². The van der Waals surface area contributed by atoms with Crippen molar-refractivity contribution in [2.45, 2.75) is 26.0 Å². The van der Waals surface area contributed by atoms with Crippen LogP contribution in [-0.2, 0) is 9.53 Å². The highest BCUT2D eigenvalue weighted by Gasteiger charge is 2.22. The third-order valence-corrected chi connectivity index (χ3v) is 1.76. The van der Waals surface area contributed by atoms with Gasteiger partial charge in [0, 0.05) is 13.5 Å². The second kappa shape index (κ2) is 3.01. The summed E-state index contributed by atoms with van der Waals surface area (Å²) in [6.45, 7) is 2.06. The lowest BCUT2D eigenvalue weighted by molar-refractivity contribution is -0.129. The molecule has 10 heavy (non-hydrogen) atoms. The molecule has 1 rings (SSSR count). The van der Waals surface area contributed by atoms with Crippen LogP contribution in [0, 0.1) is 5.92 Å². The molecule has 58 valence electrons. The SMILES string of the molecule is COC1CC(C)CC(=O)N1. The number of rotatable bonds is 1. The molecule has 2 unspecified atom stereocenters. The molecule has 0 aromatic rings. The van der Waals surface area contributed by atoms with Gasteiger partial charge in [-0.05, 0) is 12.3 Å².